The van der Waals surface area contributed by atoms with Gasteiger partial charge in [-0.1, -0.05) is 0 Å². The highest BCUT2D eigenvalue weighted by Gasteiger charge is 2.31. The van der Waals surface area contributed by atoms with E-state index in [1.165, 1.54) is 12.3 Å². The van der Waals surface area contributed by atoms with Gasteiger partial charge < -0.3 is 24.3 Å². The number of hydrogen-bond donors (Lipinski definition) is 2. The van der Waals surface area contributed by atoms with E-state index in [4.69, 9.17) is 9.47 Å². The first kappa shape index (κ1) is 23.2. The summed E-state index contributed by atoms with van der Waals surface area (Å²) in [6, 6.07) is 1.83. The molecule has 0 bridgehead atoms. The molecule has 30 heavy (non-hydrogen) atoms. The van der Waals surface area contributed by atoms with Crippen molar-refractivity contribution in [2.45, 2.75) is 71.6 Å². The molecule has 2 aromatic rings. The minimum Gasteiger partial charge on any atom is -0.504 e. The van der Waals surface area contributed by atoms with E-state index in [0.717, 1.165) is 0 Å². The standard InChI is InChI=1S/C21H29N3O6/c1-20(2,3)29-17(27)12-14(19(28)30-21(4,5)6)23-16(26)11-13-7-8-15(25)18-22-9-10-24(13)18/h7-10,14,25H,11-12H2,1-6H3,(H,23,26). The van der Waals surface area contributed by atoms with Crippen LogP contribution >= 0.6 is 0 Å². The molecule has 0 fully saturated rings. The van der Waals surface area contributed by atoms with Gasteiger partial charge in [-0.2, -0.15) is 0 Å². The van der Waals surface area contributed by atoms with Crippen molar-refractivity contribution >= 4 is 23.5 Å². The van der Waals surface area contributed by atoms with Crippen LogP contribution in [0.1, 0.15) is 53.7 Å². The number of nitrogens with one attached hydrogen (secondary N) is 1. The first-order valence-electron chi connectivity index (χ1n) is 9.63. The molecular formula is C21H29N3O6. The molecule has 2 aromatic heterocycles. The van der Waals surface area contributed by atoms with Crippen molar-refractivity contribution in [1.82, 2.24) is 14.7 Å². The van der Waals surface area contributed by atoms with Gasteiger partial charge >= 0.3 is 11.9 Å². The molecule has 0 aliphatic rings. The van der Waals surface area contributed by atoms with Crippen molar-refractivity contribution in [3.8, 4) is 5.75 Å². The summed E-state index contributed by atoms with van der Waals surface area (Å²) < 4.78 is 12.2. The molecule has 1 atom stereocenters. The molecular weight excluding hydrogens is 390 g/mol. The Labute approximate surface area is 175 Å². The van der Waals surface area contributed by atoms with Crippen molar-refractivity contribution < 1.29 is 29.0 Å². The largest absolute Gasteiger partial charge is 0.504 e. The number of pyridine rings is 1. The molecule has 9 nitrogen and oxygen atoms in total. The zero-order valence-electron chi connectivity index (χ0n) is 18.2. The van der Waals surface area contributed by atoms with Crippen LogP contribution in [0.25, 0.3) is 5.65 Å². The van der Waals surface area contributed by atoms with Gasteiger partial charge in [0.25, 0.3) is 0 Å². The fourth-order valence-corrected chi connectivity index (χ4v) is 2.72. The lowest BCUT2D eigenvalue weighted by molar-refractivity contribution is -0.165. The van der Waals surface area contributed by atoms with Crippen LogP contribution in [0.2, 0.25) is 0 Å². The average molecular weight is 419 g/mol. The van der Waals surface area contributed by atoms with Gasteiger partial charge in [0.15, 0.2) is 11.4 Å². The lowest BCUT2D eigenvalue weighted by Crippen LogP contribution is -2.46. The molecule has 0 aliphatic heterocycles. The Hall–Kier alpha value is -3.10. The number of esters is 2. The third kappa shape index (κ3) is 6.75. The van der Waals surface area contributed by atoms with Crippen LogP contribution in [0, 0.1) is 0 Å². The van der Waals surface area contributed by atoms with Crippen molar-refractivity contribution in [3.05, 3.63) is 30.2 Å². The number of hydrogen-bond acceptors (Lipinski definition) is 7. The predicted octanol–water partition coefficient (Wildman–Crippen LogP) is 2.14. The Morgan fingerprint density at radius 2 is 1.73 bits per heavy atom. The highest BCUT2D eigenvalue weighted by Crippen LogP contribution is 2.19. The summed E-state index contributed by atoms with van der Waals surface area (Å²) >= 11 is 0. The van der Waals surface area contributed by atoms with Crippen molar-refractivity contribution in [1.29, 1.82) is 0 Å². The summed E-state index contributed by atoms with van der Waals surface area (Å²) in [4.78, 5) is 41.5. The summed E-state index contributed by atoms with van der Waals surface area (Å²) in [5.74, 6) is -1.85. The number of aromatic hydroxyl groups is 1. The first-order chi connectivity index (χ1) is 13.7. The van der Waals surface area contributed by atoms with Crippen LogP contribution in [0.3, 0.4) is 0 Å². The number of amides is 1. The van der Waals surface area contributed by atoms with Gasteiger partial charge in [0.2, 0.25) is 5.91 Å². The Morgan fingerprint density at radius 1 is 1.10 bits per heavy atom. The normalized spacial score (nSPS) is 13.0. The van der Waals surface area contributed by atoms with Gasteiger partial charge in [-0.05, 0) is 53.7 Å². The molecule has 0 saturated carbocycles. The second kappa shape index (κ2) is 8.73. The van der Waals surface area contributed by atoms with Gasteiger partial charge in [-0.15, -0.1) is 0 Å². The second-order valence-electron chi connectivity index (χ2n) is 8.95. The SMILES string of the molecule is CC(C)(C)OC(=O)CC(NC(=O)Cc1ccc(O)c2nccn12)C(=O)OC(C)(C)C. The van der Waals surface area contributed by atoms with E-state index in [1.54, 1.807) is 58.2 Å². The number of rotatable bonds is 6. The van der Waals surface area contributed by atoms with Gasteiger partial charge in [0.1, 0.15) is 17.2 Å². The second-order valence-corrected chi connectivity index (χ2v) is 8.95. The van der Waals surface area contributed by atoms with E-state index in [9.17, 15) is 19.5 Å². The van der Waals surface area contributed by atoms with E-state index >= 15 is 0 Å². The lowest BCUT2D eigenvalue weighted by Gasteiger charge is -2.25. The molecule has 0 aromatic carbocycles. The molecule has 9 heteroatoms. The predicted molar refractivity (Wildman–Crippen MR) is 109 cm³/mol. The third-order valence-electron chi connectivity index (χ3n) is 3.77. The lowest BCUT2D eigenvalue weighted by atomic mass is 10.1. The molecule has 2 N–H and O–H groups in total. The molecule has 2 heterocycles. The minimum atomic E-state index is -1.19. The van der Waals surface area contributed by atoms with Gasteiger partial charge in [-0.3, -0.25) is 9.59 Å². The first-order valence-corrected chi connectivity index (χ1v) is 9.63. The van der Waals surface area contributed by atoms with E-state index in [2.05, 4.69) is 10.3 Å². The van der Waals surface area contributed by atoms with Crippen LogP contribution in [0.5, 0.6) is 5.75 Å². The summed E-state index contributed by atoms with van der Waals surface area (Å²) in [5, 5.41) is 12.4. The maximum Gasteiger partial charge on any atom is 0.329 e. The fraction of sp³-hybridized carbons (Fsp3) is 0.524. The molecule has 1 unspecified atom stereocenters. The molecule has 164 valence electrons. The number of ether oxygens (including phenoxy) is 2. The van der Waals surface area contributed by atoms with Crippen molar-refractivity contribution in [2.75, 3.05) is 0 Å². The smallest absolute Gasteiger partial charge is 0.329 e. The van der Waals surface area contributed by atoms with Crippen LogP contribution in [-0.4, -0.2) is 49.6 Å². The number of fused-ring (bicyclic) bond motifs is 1. The highest BCUT2D eigenvalue weighted by atomic mass is 16.6. The number of carbonyl (C=O) groups is 3. The maximum atomic E-state index is 12.6. The molecule has 0 spiro atoms. The molecule has 0 aliphatic carbocycles. The molecule has 0 saturated heterocycles. The summed E-state index contributed by atoms with van der Waals surface area (Å²) in [6.45, 7) is 10.2. The number of carbonyl (C=O) groups excluding carboxylic acids is 3. The Kier molecular flexibility index (Phi) is 6.74. The Bertz CT molecular complexity index is 936. The Balaban J connectivity index is 2.15. The zero-order chi connectivity index (χ0) is 22.7. The topological polar surface area (TPSA) is 119 Å². The average Bonchev–Trinajstić information content (AvgIpc) is 3.04. The van der Waals surface area contributed by atoms with Crippen LogP contribution in [0.4, 0.5) is 0 Å². The zero-order valence-corrected chi connectivity index (χ0v) is 18.2. The van der Waals surface area contributed by atoms with E-state index in [1.807, 2.05) is 0 Å². The monoisotopic (exact) mass is 419 g/mol. The number of imidazole rings is 1. The van der Waals surface area contributed by atoms with Crippen molar-refractivity contribution in [3.63, 3.8) is 0 Å². The summed E-state index contributed by atoms with van der Waals surface area (Å²) in [7, 11) is 0. The molecule has 1 amide bonds. The third-order valence-corrected chi connectivity index (χ3v) is 3.77. The molecule has 0 radical (unpaired) electrons. The van der Waals surface area contributed by atoms with Crippen molar-refractivity contribution in [2.24, 2.45) is 0 Å². The number of aromatic nitrogens is 2. The Morgan fingerprint density at radius 3 is 2.33 bits per heavy atom. The summed E-state index contributed by atoms with van der Waals surface area (Å²) in [5.41, 5.74) is -0.636. The highest BCUT2D eigenvalue weighted by molar-refractivity contribution is 5.89. The van der Waals surface area contributed by atoms with Gasteiger partial charge in [0, 0.05) is 18.1 Å². The minimum absolute atomic E-state index is 0.0132. The van der Waals surface area contributed by atoms with E-state index in [0.29, 0.717) is 11.3 Å². The maximum absolute atomic E-state index is 12.6. The summed E-state index contributed by atoms with van der Waals surface area (Å²) in [6.07, 6.45) is 2.67. The van der Waals surface area contributed by atoms with Crippen LogP contribution < -0.4 is 5.32 Å². The van der Waals surface area contributed by atoms with Crippen LogP contribution in [-0.2, 0) is 30.3 Å². The van der Waals surface area contributed by atoms with Gasteiger partial charge in [0.05, 0.1) is 12.8 Å². The van der Waals surface area contributed by atoms with E-state index in [-0.39, 0.29) is 18.6 Å². The van der Waals surface area contributed by atoms with E-state index < -0.39 is 35.1 Å². The van der Waals surface area contributed by atoms with Crippen LogP contribution in [0.15, 0.2) is 24.5 Å². The fourth-order valence-electron chi connectivity index (χ4n) is 2.72. The quantitative estimate of drug-likeness (QED) is 0.689. The number of nitrogens with zero attached hydrogens (tertiary/aromatic N) is 2. The van der Waals surface area contributed by atoms with Gasteiger partial charge in [-0.25, -0.2) is 9.78 Å². The molecule has 2 rings (SSSR count).